The first-order chi connectivity index (χ1) is 7.20. The Morgan fingerprint density at radius 2 is 2.20 bits per heavy atom. The predicted octanol–water partition coefficient (Wildman–Crippen LogP) is 0.488. The lowest BCUT2D eigenvalue weighted by Gasteiger charge is -2.09. The number of benzene rings is 1. The van der Waals surface area contributed by atoms with Gasteiger partial charge in [-0.05, 0) is 18.1 Å². The Kier molecular flexibility index (Phi) is 4.08. The van der Waals surface area contributed by atoms with Gasteiger partial charge in [0.2, 0.25) is 0 Å². The van der Waals surface area contributed by atoms with Gasteiger partial charge in [0.15, 0.2) is 0 Å². The van der Waals surface area contributed by atoms with E-state index in [2.05, 4.69) is 9.57 Å². The number of anilines is 1. The van der Waals surface area contributed by atoms with Crippen LogP contribution in [0.3, 0.4) is 0 Å². The Morgan fingerprint density at radius 3 is 2.80 bits per heavy atom. The second kappa shape index (κ2) is 5.33. The van der Waals surface area contributed by atoms with Crippen molar-refractivity contribution in [3.63, 3.8) is 0 Å². The highest BCUT2D eigenvalue weighted by atomic mass is 16.6. The lowest BCUT2D eigenvalue weighted by molar-refractivity contribution is 0.0600. The molecule has 0 radical (unpaired) electrons. The minimum absolute atomic E-state index is 0.327. The molecular formula is C10H14N2O3. The van der Waals surface area contributed by atoms with Crippen molar-refractivity contribution in [2.75, 3.05) is 19.5 Å². The molecule has 5 nitrogen and oxygen atoms in total. The van der Waals surface area contributed by atoms with Crippen LogP contribution in [0.5, 0.6) is 0 Å². The molecule has 1 rings (SSSR count). The molecule has 1 aromatic rings. The summed E-state index contributed by atoms with van der Waals surface area (Å²) in [4.78, 5) is 15.9. The fourth-order valence-corrected chi connectivity index (χ4v) is 1.35. The highest BCUT2D eigenvalue weighted by Gasteiger charge is 2.14. The fraction of sp³-hybridized carbons (Fsp3) is 0.300. The smallest absolute Gasteiger partial charge is 0.340 e. The normalized spacial score (nSPS) is 10.0. The summed E-state index contributed by atoms with van der Waals surface area (Å²) in [6.45, 7) is 0.327. The molecule has 0 saturated heterocycles. The molecule has 0 aliphatic carbocycles. The maximum Gasteiger partial charge on any atom is 0.340 e. The number of hydrogen-bond donors (Lipinski definition) is 2. The van der Waals surface area contributed by atoms with Crippen LogP contribution in [0.25, 0.3) is 0 Å². The zero-order valence-corrected chi connectivity index (χ0v) is 8.53. The van der Waals surface area contributed by atoms with Crippen molar-refractivity contribution in [1.82, 2.24) is 0 Å². The van der Waals surface area contributed by atoms with Gasteiger partial charge >= 0.3 is 5.97 Å². The van der Waals surface area contributed by atoms with Crippen molar-refractivity contribution < 1.29 is 14.4 Å². The van der Waals surface area contributed by atoms with Crippen LogP contribution in [-0.2, 0) is 16.0 Å². The first-order valence-corrected chi connectivity index (χ1v) is 4.48. The van der Waals surface area contributed by atoms with Crippen molar-refractivity contribution in [1.29, 1.82) is 0 Å². The van der Waals surface area contributed by atoms with Crippen molar-refractivity contribution in [2.24, 2.45) is 5.90 Å². The summed E-state index contributed by atoms with van der Waals surface area (Å²) in [5.41, 5.74) is 7.25. The third kappa shape index (κ3) is 2.68. The van der Waals surface area contributed by atoms with Crippen LogP contribution in [0.2, 0.25) is 0 Å². The molecule has 0 amide bonds. The van der Waals surface area contributed by atoms with Gasteiger partial charge < -0.3 is 15.3 Å². The van der Waals surface area contributed by atoms with Gasteiger partial charge in [-0.3, -0.25) is 0 Å². The maximum atomic E-state index is 11.4. The van der Waals surface area contributed by atoms with E-state index in [1.165, 1.54) is 7.11 Å². The molecule has 82 valence electrons. The molecule has 0 fully saturated rings. The maximum absolute atomic E-state index is 11.4. The van der Waals surface area contributed by atoms with Crippen molar-refractivity contribution in [2.45, 2.75) is 6.42 Å². The van der Waals surface area contributed by atoms with E-state index < -0.39 is 5.97 Å². The minimum Gasteiger partial charge on any atom is -0.465 e. The minimum atomic E-state index is -0.444. The van der Waals surface area contributed by atoms with E-state index in [1.807, 2.05) is 0 Å². The van der Waals surface area contributed by atoms with E-state index in [0.29, 0.717) is 24.3 Å². The highest BCUT2D eigenvalue weighted by molar-refractivity contribution is 5.96. The monoisotopic (exact) mass is 210 g/mol. The Bertz CT molecular complexity index is 353. The zero-order chi connectivity index (χ0) is 11.3. The predicted molar refractivity (Wildman–Crippen MR) is 56.0 cm³/mol. The molecule has 0 unspecified atom stereocenters. The van der Waals surface area contributed by atoms with Crippen LogP contribution in [-0.4, -0.2) is 19.7 Å². The van der Waals surface area contributed by atoms with E-state index in [4.69, 9.17) is 11.6 Å². The van der Waals surface area contributed by atoms with Crippen LogP contribution >= 0.6 is 0 Å². The van der Waals surface area contributed by atoms with Gasteiger partial charge in [0.25, 0.3) is 0 Å². The molecule has 0 aromatic heterocycles. The number of ether oxygens (including phenoxy) is 1. The van der Waals surface area contributed by atoms with Gasteiger partial charge in [0.05, 0.1) is 19.3 Å². The van der Waals surface area contributed by atoms with Gasteiger partial charge in [-0.1, -0.05) is 12.1 Å². The third-order valence-electron chi connectivity index (χ3n) is 2.06. The summed E-state index contributed by atoms with van der Waals surface area (Å²) in [5.74, 6) is 4.48. The molecule has 0 heterocycles. The number of esters is 1. The molecule has 1 aromatic carbocycles. The molecule has 0 saturated carbocycles. The van der Waals surface area contributed by atoms with Gasteiger partial charge in [0, 0.05) is 5.69 Å². The lowest BCUT2D eigenvalue weighted by atomic mass is 10.0. The highest BCUT2D eigenvalue weighted by Crippen LogP contribution is 2.18. The van der Waals surface area contributed by atoms with E-state index in [-0.39, 0.29) is 0 Å². The molecule has 5 heteroatoms. The summed E-state index contributed by atoms with van der Waals surface area (Å²) in [7, 11) is 1.32. The largest absolute Gasteiger partial charge is 0.465 e. The standard InChI is InChI=1S/C10H14N2O3/c1-14-10(13)9-7(5-6-15-12)3-2-4-8(9)11/h2-4H,5-6,11-12H2,1H3. The van der Waals surface area contributed by atoms with Crippen LogP contribution in [0.15, 0.2) is 18.2 Å². The molecule has 4 N–H and O–H groups in total. The van der Waals surface area contributed by atoms with E-state index in [9.17, 15) is 4.79 Å². The average Bonchev–Trinajstić information content (AvgIpc) is 2.25. The zero-order valence-electron chi connectivity index (χ0n) is 8.53. The second-order valence-electron chi connectivity index (χ2n) is 2.99. The average molecular weight is 210 g/mol. The topological polar surface area (TPSA) is 87.6 Å². The molecule has 0 bridgehead atoms. The van der Waals surface area contributed by atoms with E-state index in [1.54, 1.807) is 18.2 Å². The van der Waals surface area contributed by atoms with Crippen LogP contribution < -0.4 is 11.6 Å². The molecule has 0 atom stereocenters. The first kappa shape index (κ1) is 11.5. The Morgan fingerprint density at radius 1 is 1.47 bits per heavy atom. The van der Waals surface area contributed by atoms with Crippen molar-refractivity contribution in [3.05, 3.63) is 29.3 Å². The Hall–Kier alpha value is -1.59. The van der Waals surface area contributed by atoms with Crippen LogP contribution in [0.1, 0.15) is 15.9 Å². The molecule has 0 aliphatic heterocycles. The Balaban J connectivity index is 3.03. The summed E-state index contributed by atoms with van der Waals surface area (Å²) in [6.07, 6.45) is 0.520. The van der Waals surface area contributed by atoms with Crippen molar-refractivity contribution in [3.8, 4) is 0 Å². The second-order valence-corrected chi connectivity index (χ2v) is 2.99. The Labute approximate surface area is 87.9 Å². The van der Waals surface area contributed by atoms with Gasteiger partial charge in [0.1, 0.15) is 0 Å². The number of nitrogen functional groups attached to an aromatic ring is 1. The quantitative estimate of drug-likeness (QED) is 0.429. The SMILES string of the molecule is COC(=O)c1c(N)cccc1CCON. The summed E-state index contributed by atoms with van der Waals surface area (Å²) in [5, 5.41) is 0. The van der Waals surface area contributed by atoms with Crippen LogP contribution in [0, 0.1) is 0 Å². The summed E-state index contributed by atoms with van der Waals surface area (Å²) >= 11 is 0. The molecule has 0 aliphatic rings. The number of hydrogen-bond acceptors (Lipinski definition) is 5. The lowest BCUT2D eigenvalue weighted by Crippen LogP contribution is -2.12. The van der Waals surface area contributed by atoms with Gasteiger partial charge in [-0.25, -0.2) is 10.7 Å². The summed E-state index contributed by atoms with van der Waals surface area (Å²) in [6, 6.07) is 5.22. The third-order valence-corrected chi connectivity index (χ3v) is 2.06. The first-order valence-electron chi connectivity index (χ1n) is 4.48. The van der Waals surface area contributed by atoms with Crippen LogP contribution in [0.4, 0.5) is 5.69 Å². The number of carbonyl (C=O) groups is 1. The number of carbonyl (C=O) groups excluding carboxylic acids is 1. The molecule has 0 spiro atoms. The number of methoxy groups -OCH3 is 1. The summed E-state index contributed by atoms with van der Waals surface area (Å²) < 4.78 is 4.65. The van der Waals surface area contributed by atoms with Crippen molar-refractivity contribution >= 4 is 11.7 Å². The molecule has 15 heavy (non-hydrogen) atoms. The van der Waals surface area contributed by atoms with E-state index >= 15 is 0 Å². The molecular weight excluding hydrogens is 196 g/mol. The van der Waals surface area contributed by atoms with Gasteiger partial charge in [-0.15, -0.1) is 0 Å². The number of nitrogens with two attached hydrogens (primary N) is 2. The fourth-order valence-electron chi connectivity index (χ4n) is 1.35. The number of rotatable bonds is 4. The van der Waals surface area contributed by atoms with E-state index in [0.717, 1.165) is 5.56 Å². The van der Waals surface area contributed by atoms with Gasteiger partial charge in [-0.2, -0.15) is 0 Å².